The average Bonchev–Trinajstić information content (AvgIpc) is 3.41. The highest BCUT2D eigenvalue weighted by Gasteiger charge is 2.31. The molecular formula is C21H28N4O3S. The molecule has 7 nitrogen and oxygen atoms in total. The van der Waals surface area contributed by atoms with E-state index >= 15 is 0 Å². The van der Waals surface area contributed by atoms with Gasteiger partial charge in [-0.1, -0.05) is 12.1 Å². The Morgan fingerprint density at radius 3 is 2.90 bits per heavy atom. The Hall–Kier alpha value is -2.00. The molecule has 0 bridgehead atoms. The van der Waals surface area contributed by atoms with Gasteiger partial charge in [0.05, 0.1) is 30.5 Å². The second-order valence-corrected chi connectivity index (χ2v) is 8.57. The summed E-state index contributed by atoms with van der Waals surface area (Å²) < 4.78 is 11.1. The normalized spacial score (nSPS) is 21.1. The number of rotatable bonds is 6. The Kier molecular flexibility index (Phi) is 6.76. The third-order valence-electron chi connectivity index (χ3n) is 5.53. The minimum atomic E-state index is -0.186. The van der Waals surface area contributed by atoms with Gasteiger partial charge in [-0.05, 0) is 25.5 Å². The van der Waals surface area contributed by atoms with Crippen LogP contribution in [-0.4, -0.2) is 68.0 Å². The lowest BCUT2D eigenvalue weighted by atomic mass is 9.97. The van der Waals surface area contributed by atoms with E-state index in [9.17, 15) is 4.79 Å². The molecule has 0 aliphatic carbocycles. The van der Waals surface area contributed by atoms with Crippen molar-refractivity contribution in [3.8, 4) is 11.3 Å². The van der Waals surface area contributed by atoms with Crippen molar-refractivity contribution in [2.45, 2.75) is 19.4 Å². The van der Waals surface area contributed by atoms with E-state index in [1.807, 2.05) is 36.6 Å². The number of aryl methyl sites for hydroxylation is 1. The molecule has 3 heterocycles. The molecular weight excluding hydrogens is 388 g/mol. The van der Waals surface area contributed by atoms with Crippen molar-refractivity contribution in [2.24, 2.45) is 5.92 Å². The zero-order chi connectivity index (χ0) is 20.1. The first kappa shape index (κ1) is 20.3. The number of nitrogens with zero attached hydrogens (tertiary/aromatic N) is 2. The maximum Gasteiger partial charge on any atom is 0.319 e. The lowest BCUT2D eigenvalue weighted by molar-refractivity contribution is 0.00222. The minimum Gasteiger partial charge on any atom is -0.381 e. The number of hydrogen-bond donors (Lipinski definition) is 2. The second kappa shape index (κ2) is 9.67. The topological polar surface area (TPSA) is 75.7 Å². The minimum absolute atomic E-state index is 0.186. The lowest BCUT2D eigenvalue weighted by Crippen LogP contribution is -2.52. The van der Waals surface area contributed by atoms with Crippen LogP contribution in [0.3, 0.4) is 0 Å². The molecule has 2 aliphatic rings. The molecule has 156 valence electrons. The van der Waals surface area contributed by atoms with Gasteiger partial charge in [-0.3, -0.25) is 4.90 Å². The van der Waals surface area contributed by atoms with Crippen LogP contribution in [0, 0.1) is 12.8 Å². The van der Waals surface area contributed by atoms with E-state index in [4.69, 9.17) is 9.47 Å². The number of aromatic nitrogens is 1. The smallest absolute Gasteiger partial charge is 0.319 e. The first-order valence-electron chi connectivity index (χ1n) is 10.2. The summed E-state index contributed by atoms with van der Waals surface area (Å²) >= 11 is 1.62. The summed E-state index contributed by atoms with van der Waals surface area (Å²) in [4.78, 5) is 19.5. The van der Waals surface area contributed by atoms with Crippen LogP contribution in [0.1, 0.15) is 11.4 Å². The summed E-state index contributed by atoms with van der Waals surface area (Å²) in [5, 5.41) is 9.09. The molecule has 2 N–H and O–H groups in total. The number of benzene rings is 1. The van der Waals surface area contributed by atoms with Crippen LogP contribution >= 0.6 is 11.3 Å². The molecule has 2 atom stereocenters. The zero-order valence-corrected chi connectivity index (χ0v) is 17.5. The summed E-state index contributed by atoms with van der Waals surface area (Å²) in [7, 11) is 0. The highest BCUT2D eigenvalue weighted by atomic mass is 32.1. The number of morpholine rings is 1. The van der Waals surface area contributed by atoms with E-state index in [1.54, 1.807) is 11.3 Å². The number of carbonyl (C=O) groups is 1. The molecule has 0 saturated carbocycles. The number of hydrogen-bond acceptors (Lipinski definition) is 6. The fraction of sp³-hybridized carbons (Fsp3) is 0.524. The Bertz CT molecular complexity index is 816. The van der Waals surface area contributed by atoms with Gasteiger partial charge in [0.2, 0.25) is 0 Å². The molecule has 4 rings (SSSR count). The van der Waals surface area contributed by atoms with Crippen molar-refractivity contribution < 1.29 is 14.3 Å². The van der Waals surface area contributed by atoms with Gasteiger partial charge in [-0.25, -0.2) is 9.78 Å². The molecule has 1 aromatic heterocycles. The van der Waals surface area contributed by atoms with Gasteiger partial charge in [0.15, 0.2) is 0 Å². The van der Waals surface area contributed by atoms with E-state index in [1.165, 1.54) is 0 Å². The predicted octanol–water partition coefficient (Wildman–Crippen LogP) is 2.98. The van der Waals surface area contributed by atoms with E-state index in [0.717, 1.165) is 67.9 Å². The van der Waals surface area contributed by atoms with Crippen LogP contribution in [0.2, 0.25) is 0 Å². The summed E-state index contributed by atoms with van der Waals surface area (Å²) in [5.41, 5.74) is 2.70. The SMILES string of the molecule is Cc1nc(-c2cccc(NC(=O)NC[C@@H]([C@H]3CCOC3)N3CCOCC3)c2)cs1. The van der Waals surface area contributed by atoms with Crippen LogP contribution in [-0.2, 0) is 9.47 Å². The largest absolute Gasteiger partial charge is 0.381 e. The number of ether oxygens (including phenoxy) is 2. The standard InChI is InChI=1S/C21H28N4O3S/c1-15-23-19(14-29-15)16-3-2-4-18(11-16)24-21(26)22-12-20(17-5-8-28-13-17)25-6-9-27-10-7-25/h2-4,11,14,17,20H,5-10,12-13H2,1H3,(H2,22,24,26)/t17-,20-/m0/s1. The van der Waals surface area contributed by atoms with Crippen molar-refractivity contribution in [1.82, 2.24) is 15.2 Å². The monoisotopic (exact) mass is 416 g/mol. The van der Waals surface area contributed by atoms with Crippen LogP contribution in [0.15, 0.2) is 29.6 Å². The summed E-state index contributed by atoms with van der Waals surface area (Å²) in [5.74, 6) is 0.449. The van der Waals surface area contributed by atoms with Crippen molar-refractivity contribution in [1.29, 1.82) is 0 Å². The Morgan fingerprint density at radius 1 is 1.31 bits per heavy atom. The fourth-order valence-electron chi connectivity index (χ4n) is 3.98. The summed E-state index contributed by atoms with van der Waals surface area (Å²) in [6.45, 7) is 7.47. The Labute approximate surface area is 175 Å². The molecule has 2 aliphatic heterocycles. The van der Waals surface area contributed by atoms with Gasteiger partial charge < -0.3 is 20.1 Å². The van der Waals surface area contributed by atoms with Gasteiger partial charge >= 0.3 is 6.03 Å². The van der Waals surface area contributed by atoms with Crippen LogP contribution < -0.4 is 10.6 Å². The van der Waals surface area contributed by atoms with Gasteiger partial charge in [-0.15, -0.1) is 11.3 Å². The molecule has 0 radical (unpaired) electrons. The predicted molar refractivity (Wildman–Crippen MR) is 114 cm³/mol. The molecule has 2 saturated heterocycles. The second-order valence-electron chi connectivity index (χ2n) is 7.51. The molecule has 2 aromatic rings. The molecule has 2 fully saturated rings. The van der Waals surface area contributed by atoms with E-state index < -0.39 is 0 Å². The molecule has 2 amide bonds. The lowest BCUT2D eigenvalue weighted by Gasteiger charge is -2.37. The van der Waals surface area contributed by atoms with Crippen molar-refractivity contribution >= 4 is 23.1 Å². The number of carbonyl (C=O) groups excluding carboxylic acids is 1. The summed E-state index contributed by atoms with van der Waals surface area (Å²) in [6.07, 6.45) is 1.04. The van der Waals surface area contributed by atoms with Gasteiger partial charge in [0, 0.05) is 54.8 Å². The van der Waals surface area contributed by atoms with E-state index in [-0.39, 0.29) is 12.1 Å². The van der Waals surface area contributed by atoms with E-state index in [2.05, 4.69) is 20.5 Å². The number of nitrogens with one attached hydrogen (secondary N) is 2. The quantitative estimate of drug-likeness (QED) is 0.757. The van der Waals surface area contributed by atoms with Crippen LogP contribution in [0.4, 0.5) is 10.5 Å². The van der Waals surface area contributed by atoms with Gasteiger partial charge in [-0.2, -0.15) is 0 Å². The maximum absolute atomic E-state index is 12.6. The van der Waals surface area contributed by atoms with Crippen molar-refractivity contribution in [3.05, 3.63) is 34.7 Å². The molecule has 29 heavy (non-hydrogen) atoms. The number of anilines is 1. The summed E-state index contributed by atoms with van der Waals surface area (Å²) in [6, 6.07) is 7.88. The molecule has 0 unspecified atom stereocenters. The highest BCUT2D eigenvalue weighted by Crippen LogP contribution is 2.24. The fourth-order valence-corrected chi connectivity index (χ4v) is 4.61. The third-order valence-corrected chi connectivity index (χ3v) is 6.30. The number of amides is 2. The molecule has 8 heteroatoms. The Balaban J connectivity index is 1.35. The zero-order valence-electron chi connectivity index (χ0n) is 16.7. The van der Waals surface area contributed by atoms with Crippen molar-refractivity contribution in [2.75, 3.05) is 51.4 Å². The molecule has 0 spiro atoms. The number of urea groups is 1. The first-order chi connectivity index (χ1) is 14.2. The Morgan fingerprint density at radius 2 is 2.17 bits per heavy atom. The third kappa shape index (κ3) is 5.33. The van der Waals surface area contributed by atoms with Gasteiger partial charge in [0.25, 0.3) is 0 Å². The first-order valence-corrected chi connectivity index (χ1v) is 11.0. The maximum atomic E-state index is 12.6. The van der Waals surface area contributed by atoms with E-state index in [0.29, 0.717) is 12.5 Å². The van der Waals surface area contributed by atoms with Gasteiger partial charge in [0.1, 0.15) is 0 Å². The van der Waals surface area contributed by atoms with Crippen LogP contribution in [0.25, 0.3) is 11.3 Å². The number of thiazole rings is 1. The molecule has 1 aromatic carbocycles. The highest BCUT2D eigenvalue weighted by molar-refractivity contribution is 7.09. The van der Waals surface area contributed by atoms with Crippen LogP contribution in [0.5, 0.6) is 0 Å². The van der Waals surface area contributed by atoms with Crippen molar-refractivity contribution in [3.63, 3.8) is 0 Å². The average molecular weight is 417 g/mol.